The standard InChI is InChI=1S/C54H67N3O4S2/c1-7-13-16-38(10-4)35-56-49-32-48(31-42(34-55)54(58)59)62-52(49)53-50(56)33-51(63-53)41-19-21-43(22-20-41)57(44-23-27-46(28-24-44)60-36-39(11-5)17-14-8-2)45-25-29-47(30-26-45)61-37-40(12-6)18-15-9-3/h19-33,38-40H,7-18,35-37H2,1-6H3,(H,58,59)/b42-31-. The largest absolute Gasteiger partial charge is 0.493 e. The van der Waals surface area contributed by atoms with E-state index in [4.69, 9.17) is 9.47 Å². The summed E-state index contributed by atoms with van der Waals surface area (Å²) in [5.74, 6) is 2.24. The van der Waals surface area contributed by atoms with Crippen LogP contribution >= 0.6 is 22.7 Å². The van der Waals surface area contributed by atoms with Crippen molar-refractivity contribution in [1.29, 1.82) is 5.26 Å². The Labute approximate surface area is 384 Å². The lowest BCUT2D eigenvalue weighted by molar-refractivity contribution is -0.132. The first-order chi connectivity index (χ1) is 30.7. The van der Waals surface area contributed by atoms with Gasteiger partial charge in [-0.3, -0.25) is 0 Å². The Balaban J connectivity index is 1.33. The van der Waals surface area contributed by atoms with Crippen molar-refractivity contribution in [3.63, 3.8) is 0 Å². The molecule has 0 saturated heterocycles. The fourth-order valence-electron chi connectivity index (χ4n) is 8.34. The number of carboxylic acid groups (broad SMARTS) is 1. The van der Waals surface area contributed by atoms with Crippen molar-refractivity contribution in [2.24, 2.45) is 17.8 Å². The summed E-state index contributed by atoms with van der Waals surface area (Å²) in [6.45, 7) is 15.9. The van der Waals surface area contributed by atoms with Crippen molar-refractivity contribution in [3.8, 4) is 28.0 Å². The van der Waals surface area contributed by atoms with Gasteiger partial charge in [0.05, 0.1) is 33.6 Å². The summed E-state index contributed by atoms with van der Waals surface area (Å²) in [6, 6.07) is 32.1. The fraction of sp³-hybridized carbons (Fsp3) is 0.444. The summed E-state index contributed by atoms with van der Waals surface area (Å²) >= 11 is 3.34. The molecule has 0 bridgehead atoms. The van der Waals surface area contributed by atoms with E-state index in [-0.39, 0.29) is 5.57 Å². The van der Waals surface area contributed by atoms with Crippen LogP contribution in [0.5, 0.6) is 11.5 Å². The molecule has 334 valence electrons. The number of nitrogens with zero attached hydrogens (tertiary/aromatic N) is 3. The average molecular weight is 886 g/mol. The number of carboxylic acids is 1. The quantitative estimate of drug-likeness (QED) is 0.0431. The van der Waals surface area contributed by atoms with Gasteiger partial charge >= 0.3 is 5.97 Å². The van der Waals surface area contributed by atoms with Crippen LogP contribution in [0.25, 0.3) is 36.9 Å². The maximum atomic E-state index is 11.7. The molecule has 9 heteroatoms. The third-order valence-electron chi connectivity index (χ3n) is 12.5. The molecule has 3 aromatic heterocycles. The van der Waals surface area contributed by atoms with Crippen molar-refractivity contribution in [2.75, 3.05) is 18.1 Å². The van der Waals surface area contributed by atoms with Gasteiger partial charge in [-0.15, -0.1) is 22.7 Å². The Bertz CT molecular complexity index is 2350. The number of thiophene rings is 2. The molecule has 0 aliphatic carbocycles. The maximum Gasteiger partial charge on any atom is 0.346 e. The zero-order valence-corrected chi connectivity index (χ0v) is 40.0. The van der Waals surface area contributed by atoms with E-state index in [1.54, 1.807) is 22.7 Å². The van der Waals surface area contributed by atoms with Gasteiger partial charge in [-0.25, -0.2) is 4.79 Å². The van der Waals surface area contributed by atoms with E-state index in [9.17, 15) is 15.2 Å². The van der Waals surface area contributed by atoms with Gasteiger partial charge in [0.2, 0.25) is 0 Å². The molecule has 7 nitrogen and oxygen atoms in total. The molecule has 0 amide bonds. The number of aliphatic carboxylic acids is 1. The number of unbranched alkanes of at least 4 members (excludes halogenated alkanes) is 3. The van der Waals surface area contributed by atoms with Gasteiger partial charge in [-0.05, 0) is 121 Å². The van der Waals surface area contributed by atoms with Gasteiger partial charge in [-0.1, -0.05) is 111 Å². The van der Waals surface area contributed by atoms with Crippen molar-refractivity contribution in [3.05, 3.63) is 95.4 Å². The van der Waals surface area contributed by atoms with Crippen molar-refractivity contribution < 1.29 is 19.4 Å². The number of ether oxygens (including phenoxy) is 2. The predicted octanol–water partition coefficient (Wildman–Crippen LogP) is 16.5. The Hall–Kier alpha value is -5.04. The topological polar surface area (TPSA) is 87.7 Å². The molecule has 0 radical (unpaired) electrons. The van der Waals surface area contributed by atoms with E-state index >= 15 is 0 Å². The second-order valence-corrected chi connectivity index (χ2v) is 19.2. The van der Waals surface area contributed by atoms with Crippen LogP contribution in [0.1, 0.15) is 123 Å². The van der Waals surface area contributed by atoms with Gasteiger partial charge in [0.15, 0.2) is 0 Å². The minimum Gasteiger partial charge on any atom is -0.493 e. The molecule has 3 atom stereocenters. The zero-order valence-electron chi connectivity index (χ0n) is 38.3. The van der Waals surface area contributed by atoms with E-state index < -0.39 is 5.97 Å². The van der Waals surface area contributed by atoms with Crippen LogP contribution in [0.2, 0.25) is 0 Å². The van der Waals surface area contributed by atoms with E-state index in [0.717, 1.165) is 88.2 Å². The molecule has 6 aromatic rings. The van der Waals surface area contributed by atoms with Crippen LogP contribution in [-0.4, -0.2) is 28.9 Å². The highest BCUT2D eigenvalue weighted by Gasteiger charge is 2.22. The second-order valence-electron chi connectivity index (χ2n) is 17.0. The molecule has 3 heterocycles. The normalized spacial score (nSPS) is 13.3. The number of nitriles is 1. The zero-order chi connectivity index (χ0) is 44.7. The summed E-state index contributed by atoms with van der Waals surface area (Å²) in [5, 5.41) is 19.1. The number of aromatic nitrogens is 1. The van der Waals surface area contributed by atoms with E-state index in [2.05, 4.69) is 136 Å². The lowest BCUT2D eigenvalue weighted by Gasteiger charge is -2.26. The molecular weight excluding hydrogens is 819 g/mol. The first kappa shape index (κ1) is 47.4. The highest BCUT2D eigenvalue weighted by Crippen LogP contribution is 2.45. The summed E-state index contributed by atoms with van der Waals surface area (Å²) < 4.78 is 17.4. The first-order valence-electron chi connectivity index (χ1n) is 23.5. The minimum absolute atomic E-state index is 0.253. The highest BCUT2D eigenvalue weighted by atomic mass is 32.1. The van der Waals surface area contributed by atoms with Crippen LogP contribution < -0.4 is 14.4 Å². The van der Waals surface area contributed by atoms with Crippen molar-refractivity contribution in [2.45, 2.75) is 125 Å². The summed E-state index contributed by atoms with van der Waals surface area (Å²) in [4.78, 5) is 16.0. The van der Waals surface area contributed by atoms with Crippen LogP contribution in [0, 0.1) is 29.1 Å². The van der Waals surface area contributed by atoms with Gasteiger partial charge in [0.25, 0.3) is 0 Å². The molecule has 0 saturated carbocycles. The molecule has 0 spiro atoms. The Morgan fingerprint density at radius 3 is 1.60 bits per heavy atom. The molecular formula is C54H67N3O4S2. The van der Waals surface area contributed by atoms with Gasteiger partial charge in [0.1, 0.15) is 23.1 Å². The van der Waals surface area contributed by atoms with Gasteiger partial charge in [0, 0.05) is 33.4 Å². The third-order valence-corrected chi connectivity index (χ3v) is 14.9. The van der Waals surface area contributed by atoms with Crippen LogP contribution in [0.3, 0.4) is 0 Å². The van der Waals surface area contributed by atoms with E-state index in [1.165, 1.54) is 79.0 Å². The SMILES string of the molecule is CCCCC(CC)COc1ccc(N(c2ccc(OCC(CC)CCCC)cc2)c2ccc(-c3cc4c(s3)c3sc(/C=C(/C#N)C(=O)O)cc3n4CC(CC)CCCC)cc2)cc1. The fourth-order valence-corrected chi connectivity index (χ4v) is 10.8. The lowest BCUT2D eigenvalue weighted by atomic mass is 9.99. The predicted molar refractivity (Wildman–Crippen MR) is 267 cm³/mol. The minimum atomic E-state index is -1.21. The molecule has 3 unspecified atom stereocenters. The number of anilines is 3. The molecule has 0 aliphatic heterocycles. The van der Waals surface area contributed by atoms with E-state index in [0.29, 0.717) is 17.8 Å². The third kappa shape index (κ3) is 12.2. The number of carbonyl (C=O) groups is 1. The van der Waals surface area contributed by atoms with Crippen LogP contribution in [0.4, 0.5) is 17.1 Å². The molecule has 3 aromatic carbocycles. The number of benzene rings is 3. The Morgan fingerprint density at radius 1 is 0.683 bits per heavy atom. The van der Waals surface area contributed by atoms with Gasteiger partial charge in [-0.2, -0.15) is 5.26 Å². The monoisotopic (exact) mass is 885 g/mol. The highest BCUT2D eigenvalue weighted by molar-refractivity contribution is 7.29. The number of hydrogen-bond donors (Lipinski definition) is 1. The van der Waals surface area contributed by atoms with Crippen molar-refractivity contribution in [1.82, 2.24) is 4.57 Å². The lowest BCUT2D eigenvalue weighted by Crippen LogP contribution is -2.12. The molecule has 6 rings (SSSR count). The molecule has 1 N–H and O–H groups in total. The number of rotatable bonds is 26. The molecule has 0 fully saturated rings. The van der Waals surface area contributed by atoms with E-state index in [1.807, 2.05) is 6.07 Å². The smallest absolute Gasteiger partial charge is 0.346 e. The maximum absolute atomic E-state index is 11.7. The number of fused-ring (bicyclic) bond motifs is 3. The second kappa shape index (κ2) is 23.6. The summed E-state index contributed by atoms with van der Waals surface area (Å²) in [5.41, 5.74) is 6.35. The average Bonchev–Trinajstić information content (AvgIpc) is 4.00. The van der Waals surface area contributed by atoms with Crippen LogP contribution in [-0.2, 0) is 11.3 Å². The van der Waals surface area contributed by atoms with Crippen molar-refractivity contribution >= 4 is 72.2 Å². The summed E-state index contributed by atoms with van der Waals surface area (Å²) in [6.07, 6.45) is 15.6. The Kier molecular flexibility index (Phi) is 17.8. The Morgan fingerprint density at radius 2 is 1.14 bits per heavy atom. The first-order valence-corrected chi connectivity index (χ1v) is 25.1. The van der Waals surface area contributed by atoms with Crippen LogP contribution in [0.15, 0.2) is 90.5 Å². The van der Waals surface area contributed by atoms with Gasteiger partial charge < -0.3 is 24.0 Å². The summed E-state index contributed by atoms with van der Waals surface area (Å²) in [7, 11) is 0. The molecule has 63 heavy (non-hydrogen) atoms. The number of hydrogen-bond acceptors (Lipinski definition) is 7. The molecule has 0 aliphatic rings.